The molecule has 38 heavy (non-hydrogen) atoms. The molecule has 0 heterocycles. The number of aliphatic hydroxyl groups excluding tert-OH is 2. The molecule has 0 aliphatic heterocycles. The van der Waals surface area contributed by atoms with Crippen molar-refractivity contribution in [1.82, 2.24) is 5.32 Å². The Hall–Kier alpha value is -0.740. The van der Waals surface area contributed by atoms with Crippen molar-refractivity contribution in [3.63, 3.8) is 0 Å². The molecular formula is C29H51NO7S. The summed E-state index contributed by atoms with van der Waals surface area (Å²) >= 11 is 0. The molecule has 0 aromatic carbocycles. The lowest BCUT2D eigenvalue weighted by atomic mass is 9.50. The van der Waals surface area contributed by atoms with Gasteiger partial charge in [-0.1, -0.05) is 20.8 Å². The summed E-state index contributed by atoms with van der Waals surface area (Å²) in [6.45, 7) is 6.94. The summed E-state index contributed by atoms with van der Waals surface area (Å²) in [6, 6.07) is 0. The van der Waals surface area contributed by atoms with Crippen LogP contribution >= 0.6 is 0 Å². The summed E-state index contributed by atoms with van der Waals surface area (Å²) in [5, 5.41) is 24.8. The average Bonchev–Trinajstić information content (AvgIpc) is 3.16. The van der Waals surface area contributed by atoms with Gasteiger partial charge in [-0.2, -0.15) is 8.42 Å². The van der Waals surface area contributed by atoms with Crippen molar-refractivity contribution in [3.05, 3.63) is 0 Å². The highest BCUT2D eigenvalue weighted by Crippen LogP contribution is 2.64. The summed E-state index contributed by atoms with van der Waals surface area (Å²) in [5.41, 5.74) is 0.00230. The number of rotatable bonds is 8. The van der Waals surface area contributed by atoms with Gasteiger partial charge in [-0.05, 0) is 111 Å². The molecule has 0 saturated heterocycles. The molecule has 0 radical (unpaired) electrons. The molecule has 1 amide bonds. The van der Waals surface area contributed by atoms with Crippen LogP contribution in [0, 0.1) is 46.3 Å². The summed E-state index contributed by atoms with van der Waals surface area (Å²) in [7, 11) is -2.25. The average molecular weight is 558 g/mol. The number of nitrogens with one attached hydrogen (secondary N) is 1. The number of hydrogen-bond acceptors (Lipinski definition) is 6. The van der Waals surface area contributed by atoms with Crippen LogP contribution in [-0.4, -0.2) is 66.8 Å². The van der Waals surface area contributed by atoms with Crippen LogP contribution in [0.3, 0.4) is 0 Å². The van der Waals surface area contributed by atoms with Gasteiger partial charge in [0.2, 0.25) is 5.91 Å². The van der Waals surface area contributed by atoms with Gasteiger partial charge in [0.25, 0.3) is 10.1 Å². The van der Waals surface area contributed by atoms with E-state index in [9.17, 15) is 23.4 Å². The van der Waals surface area contributed by atoms with E-state index in [0.29, 0.717) is 36.5 Å². The van der Waals surface area contributed by atoms with Crippen LogP contribution in [0.5, 0.6) is 0 Å². The molecule has 0 unspecified atom stereocenters. The first kappa shape index (κ1) is 30.2. The van der Waals surface area contributed by atoms with Gasteiger partial charge in [0.05, 0.1) is 24.1 Å². The maximum Gasteiger partial charge on any atom is 0.266 e. The van der Waals surface area contributed by atoms with Crippen molar-refractivity contribution >= 4 is 16.0 Å². The first-order valence-electron chi connectivity index (χ1n) is 14.9. The Morgan fingerprint density at radius 2 is 1.79 bits per heavy atom. The standard InChI is InChI=1S/C29H51NO7S/c1-18(5-10-27(33)30-13-14-38(34,35)36)23-8-9-24-22-7-6-19(17-26(37-4)29(23,24)3)28(2)12-11-21(31)15-20(28)16-25(22)32/h18-26,31-32H,5-17H2,1-4H3,(H,30,33)(H,34,35,36)/t18-,19-,20+,21-,22+,23-,24+,25-,26+,28-,29-/m1/s1. The van der Waals surface area contributed by atoms with E-state index >= 15 is 0 Å². The summed E-state index contributed by atoms with van der Waals surface area (Å²) in [5.74, 6) is 1.41. The molecular weight excluding hydrogens is 506 g/mol. The van der Waals surface area contributed by atoms with E-state index in [1.54, 1.807) is 0 Å². The maximum absolute atomic E-state index is 12.4. The molecule has 11 atom stereocenters. The number of carbonyl (C=O) groups is 1. The van der Waals surface area contributed by atoms with Crippen molar-refractivity contribution in [2.75, 3.05) is 19.4 Å². The second kappa shape index (κ2) is 11.6. The van der Waals surface area contributed by atoms with Gasteiger partial charge < -0.3 is 20.3 Å². The predicted octanol–water partition coefficient (Wildman–Crippen LogP) is 3.80. The van der Waals surface area contributed by atoms with Crippen molar-refractivity contribution in [3.8, 4) is 0 Å². The van der Waals surface area contributed by atoms with Crippen molar-refractivity contribution in [1.29, 1.82) is 0 Å². The van der Waals surface area contributed by atoms with E-state index in [1.807, 2.05) is 7.11 Å². The second-order valence-electron chi connectivity index (χ2n) is 13.6. The lowest BCUT2D eigenvalue weighted by molar-refractivity contribution is -0.152. The van der Waals surface area contributed by atoms with Gasteiger partial charge in [0, 0.05) is 20.1 Å². The summed E-state index contributed by atoms with van der Waals surface area (Å²) < 4.78 is 37.1. The first-order chi connectivity index (χ1) is 17.8. The lowest BCUT2D eigenvalue weighted by Crippen LogP contribution is -2.55. The number of methoxy groups -OCH3 is 1. The molecule has 4 rings (SSSR count). The minimum absolute atomic E-state index is 0.0773. The van der Waals surface area contributed by atoms with Crippen LogP contribution in [0.25, 0.3) is 0 Å². The van der Waals surface area contributed by atoms with Gasteiger partial charge >= 0.3 is 0 Å². The van der Waals surface area contributed by atoms with Gasteiger partial charge in [-0.3, -0.25) is 9.35 Å². The zero-order valence-corrected chi connectivity index (χ0v) is 24.6. The highest BCUT2D eigenvalue weighted by molar-refractivity contribution is 7.85. The van der Waals surface area contributed by atoms with E-state index < -0.39 is 15.9 Å². The molecule has 8 nitrogen and oxygen atoms in total. The van der Waals surface area contributed by atoms with Crippen LogP contribution in [0.15, 0.2) is 0 Å². The summed E-state index contributed by atoms with van der Waals surface area (Å²) in [4.78, 5) is 12.4. The zero-order chi connectivity index (χ0) is 27.9. The zero-order valence-electron chi connectivity index (χ0n) is 23.8. The Kier molecular flexibility index (Phi) is 9.25. The monoisotopic (exact) mass is 557 g/mol. The van der Waals surface area contributed by atoms with Gasteiger partial charge in [0.15, 0.2) is 0 Å². The molecule has 0 aromatic rings. The third-order valence-electron chi connectivity index (χ3n) is 11.9. The number of ether oxygens (including phenoxy) is 1. The summed E-state index contributed by atoms with van der Waals surface area (Å²) in [6.07, 6.45) is 9.17. The molecule has 220 valence electrons. The van der Waals surface area contributed by atoms with E-state index in [-0.39, 0.29) is 53.4 Å². The predicted molar refractivity (Wildman–Crippen MR) is 146 cm³/mol. The quantitative estimate of drug-likeness (QED) is 0.334. The fourth-order valence-electron chi connectivity index (χ4n) is 9.68. The van der Waals surface area contributed by atoms with Crippen molar-refractivity contribution < 1.29 is 32.7 Å². The van der Waals surface area contributed by atoms with Crippen LogP contribution in [0.4, 0.5) is 0 Å². The largest absolute Gasteiger partial charge is 0.393 e. The van der Waals surface area contributed by atoms with E-state index in [2.05, 4.69) is 26.1 Å². The molecule has 0 spiro atoms. The van der Waals surface area contributed by atoms with E-state index in [1.165, 1.54) is 0 Å². The Labute approximate surface area is 229 Å². The first-order valence-corrected chi connectivity index (χ1v) is 16.5. The van der Waals surface area contributed by atoms with Crippen LogP contribution in [0.2, 0.25) is 0 Å². The Bertz CT molecular complexity index is 943. The molecule has 4 aliphatic rings. The lowest BCUT2D eigenvalue weighted by Gasteiger charge is -2.57. The van der Waals surface area contributed by atoms with Crippen molar-refractivity contribution in [2.24, 2.45) is 46.3 Å². The maximum atomic E-state index is 12.4. The van der Waals surface area contributed by atoms with Crippen molar-refractivity contribution in [2.45, 2.75) is 110 Å². The molecule has 9 heteroatoms. The topological polar surface area (TPSA) is 133 Å². The van der Waals surface area contributed by atoms with Gasteiger partial charge in [0.1, 0.15) is 0 Å². The fourth-order valence-corrected chi connectivity index (χ4v) is 10.0. The molecule has 2 bridgehead atoms. The number of aliphatic hydroxyl groups is 2. The fraction of sp³-hybridized carbons (Fsp3) is 0.966. The number of amides is 1. The molecule has 4 fully saturated rings. The third-order valence-corrected chi connectivity index (χ3v) is 12.6. The number of hydrogen-bond donors (Lipinski definition) is 4. The third kappa shape index (κ3) is 5.97. The SMILES string of the molecule is CO[C@H]1C[C@H]2CC[C@H]([C@H](O)C[C@@H]3C[C@H](O)CC[C@]23C)[C@@H]2CC[C@H]([C@H](C)CCC(=O)NCCS(=O)(=O)O)[C@@]12C. The Morgan fingerprint density at radius 1 is 1.05 bits per heavy atom. The van der Waals surface area contributed by atoms with E-state index in [4.69, 9.17) is 9.29 Å². The highest BCUT2D eigenvalue weighted by atomic mass is 32.2. The second-order valence-corrected chi connectivity index (χ2v) is 15.2. The van der Waals surface area contributed by atoms with Gasteiger partial charge in [-0.15, -0.1) is 0 Å². The van der Waals surface area contributed by atoms with Crippen LogP contribution < -0.4 is 5.32 Å². The Balaban J connectivity index is 1.53. The highest BCUT2D eigenvalue weighted by Gasteiger charge is 2.60. The van der Waals surface area contributed by atoms with E-state index in [0.717, 1.165) is 57.8 Å². The smallest absolute Gasteiger partial charge is 0.266 e. The minimum atomic E-state index is -4.09. The Morgan fingerprint density at radius 3 is 2.47 bits per heavy atom. The van der Waals surface area contributed by atoms with Crippen LogP contribution in [-0.2, 0) is 19.6 Å². The number of carbonyl (C=O) groups excluding carboxylic acids is 1. The normalized spacial score (nSPS) is 44.2. The molecule has 0 aromatic heterocycles. The molecule has 4 N–H and O–H groups in total. The minimum Gasteiger partial charge on any atom is -0.393 e. The van der Waals surface area contributed by atoms with Crippen LogP contribution in [0.1, 0.15) is 91.4 Å². The van der Waals surface area contributed by atoms with Gasteiger partial charge in [-0.25, -0.2) is 0 Å². The molecule has 4 saturated carbocycles. The number of fused-ring (bicyclic) bond motifs is 7. The molecule has 4 aliphatic carbocycles.